The van der Waals surface area contributed by atoms with Crippen LogP contribution in [0.25, 0.3) is 0 Å². The first-order valence-corrected chi connectivity index (χ1v) is 5.53. The summed E-state index contributed by atoms with van der Waals surface area (Å²) in [6, 6.07) is 5.20. The lowest BCUT2D eigenvalue weighted by molar-refractivity contribution is -0.145. The van der Waals surface area contributed by atoms with Gasteiger partial charge in [0.1, 0.15) is 0 Å². The van der Waals surface area contributed by atoms with Gasteiger partial charge in [-0.15, -0.1) is 0 Å². The second-order valence-electron chi connectivity index (χ2n) is 3.79. The van der Waals surface area contributed by atoms with E-state index in [0.717, 1.165) is 18.4 Å². The van der Waals surface area contributed by atoms with Gasteiger partial charge in [-0.25, -0.2) is 0 Å². The van der Waals surface area contributed by atoms with Gasteiger partial charge in [-0.1, -0.05) is 23.2 Å². The number of hydrogen-bond donors (Lipinski definition) is 1. The molecule has 2 nitrogen and oxygen atoms in total. The van der Waals surface area contributed by atoms with E-state index >= 15 is 0 Å². The molecule has 2 unspecified atom stereocenters. The second-order valence-corrected chi connectivity index (χ2v) is 4.64. The lowest BCUT2D eigenvalue weighted by Crippen LogP contribution is -2.31. The number of carboxylic acids is 1. The predicted molar refractivity (Wildman–Crippen MR) is 59.6 cm³/mol. The molecule has 1 aliphatic rings. The standard InChI is InChI=1S/C11H10Cl2O2/c12-6-1-4-10(13)9(5-6)7-2-3-8(7)11(14)15/h1,4-5,7-8H,2-3H2,(H,14,15). The molecule has 0 aliphatic heterocycles. The van der Waals surface area contributed by atoms with Crippen molar-refractivity contribution in [2.75, 3.05) is 0 Å². The Bertz CT molecular complexity index is 404. The normalized spacial score (nSPS) is 24.7. The Labute approximate surface area is 97.8 Å². The van der Waals surface area contributed by atoms with E-state index in [1.807, 2.05) is 0 Å². The molecule has 80 valence electrons. The van der Waals surface area contributed by atoms with Gasteiger partial charge in [-0.05, 0) is 42.5 Å². The van der Waals surface area contributed by atoms with Crippen molar-refractivity contribution in [2.45, 2.75) is 18.8 Å². The van der Waals surface area contributed by atoms with Crippen molar-refractivity contribution in [3.05, 3.63) is 33.8 Å². The predicted octanol–water partition coefficient (Wildman–Crippen LogP) is 3.57. The zero-order chi connectivity index (χ0) is 11.0. The summed E-state index contributed by atoms with van der Waals surface area (Å²) in [5.74, 6) is -1.03. The molecule has 15 heavy (non-hydrogen) atoms. The van der Waals surface area contributed by atoms with E-state index in [0.29, 0.717) is 10.0 Å². The summed E-state index contributed by atoms with van der Waals surface area (Å²) in [6.07, 6.45) is 1.60. The molecule has 0 bridgehead atoms. The van der Waals surface area contributed by atoms with Crippen LogP contribution in [0.15, 0.2) is 18.2 Å². The first kappa shape index (κ1) is 10.8. The fraction of sp³-hybridized carbons (Fsp3) is 0.364. The second kappa shape index (κ2) is 4.03. The Hall–Kier alpha value is -0.730. The van der Waals surface area contributed by atoms with E-state index in [-0.39, 0.29) is 11.8 Å². The zero-order valence-electron chi connectivity index (χ0n) is 7.91. The van der Waals surface area contributed by atoms with Crippen molar-refractivity contribution in [1.82, 2.24) is 0 Å². The molecule has 0 saturated heterocycles. The van der Waals surface area contributed by atoms with Crippen molar-refractivity contribution in [3.63, 3.8) is 0 Å². The SMILES string of the molecule is O=C(O)C1CCC1c1cc(Cl)ccc1Cl. The van der Waals surface area contributed by atoms with Crippen LogP contribution in [-0.2, 0) is 4.79 Å². The molecule has 0 radical (unpaired) electrons. The van der Waals surface area contributed by atoms with E-state index in [9.17, 15) is 4.79 Å². The first-order valence-electron chi connectivity index (χ1n) is 4.77. The average molecular weight is 245 g/mol. The third kappa shape index (κ3) is 1.97. The van der Waals surface area contributed by atoms with E-state index < -0.39 is 5.97 Å². The fourth-order valence-electron chi connectivity index (χ4n) is 1.97. The molecule has 1 aromatic rings. The van der Waals surface area contributed by atoms with Crippen LogP contribution in [0.5, 0.6) is 0 Å². The number of carboxylic acid groups (broad SMARTS) is 1. The van der Waals surface area contributed by atoms with Gasteiger partial charge in [0.15, 0.2) is 0 Å². The molecular weight excluding hydrogens is 235 g/mol. The highest BCUT2D eigenvalue weighted by Crippen LogP contribution is 2.45. The minimum atomic E-state index is -0.748. The van der Waals surface area contributed by atoms with Crippen LogP contribution in [0.3, 0.4) is 0 Å². The molecule has 1 aliphatic carbocycles. The molecule has 0 aromatic heterocycles. The quantitative estimate of drug-likeness (QED) is 0.864. The van der Waals surface area contributed by atoms with Crippen LogP contribution in [0.4, 0.5) is 0 Å². The van der Waals surface area contributed by atoms with E-state index in [2.05, 4.69) is 0 Å². The maximum atomic E-state index is 10.9. The number of halogens is 2. The Morgan fingerprint density at radius 3 is 2.60 bits per heavy atom. The van der Waals surface area contributed by atoms with Gasteiger partial charge >= 0.3 is 5.97 Å². The Morgan fingerprint density at radius 1 is 1.33 bits per heavy atom. The van der Waals surface area contributed by atoms with Crippen LogP contribution < -0.4 is 0 Å². The average Bonchev–Trinajstić information content (AvgIpc) is 2.08. The molecule has 4 heteroatoms. The van der Waals surface area contributed by atoms with Gasteiger partial charge in [0, 0.05) is 10.0 Å². The number of rotatable bonds is 2. The molecule has 0 amide bonds. The van der Waals surface area contributed by atoms with Gasteiger partial charge in [0.25, 0.3) is 0 Å². The number of benzene rings is 1. The van der Waals surface area contributed by atoms with Crippen molar-refractivity contribution < 1.29 is 9.90 Å². The third-order valence-electron chi connectivity index (χ3n) is 2.95. The van der Waals surface area contributed by atoms with Gasteiger partial charge in [0.2, 0.25) is 0 Å². The molecule has 0 spiro atoms. The Morgan fingerprint density at radius 2 is 2.07 bits per heavy atom. The minimum absolute atomic E-state index is 0.0219. The molecule has 1 aromatic carbocycles. The van der Waals surface area contributed by atoms with E-state index in [4.69, 9.17) is 28.3 Å². The zero-order valence-corrected chi connectivity index (χ0v) is 9.42. The van der Waals surface area contributed by atoms with Crippen molar-refractivity contribution in [2.24, 2.45) is 5.92 Å². The molecule has 0 heterocycles. The van der Waals surface area contributed by atoms with Crippen LogP contribution in [0.1, 0.15) is 24.3 Å². The van der Waals surface area contributed by atoms with E-state index in [1.54, 1.807) is 18.2 Å². The fourth-order valence-corrected chi connectivity index (χ4v) is 2.40. The maximum Gasteiger partial charge on any atom is 0.307 e. The van der Waals surface area contributed by atoms with Crippen LogP contribution in [0, 0.1) is 5.92 Å². The van der Waals surface area contributed by atoms with Gasteiger partial charge in [0.05, 0.1) is 5.92 Å². The largest absolute Gasteiger partial charge is 0.481 e. The Balaban J connectivity index is 2.30. The van der Waals surface area contributed by atoms with Gasteiger partial charge in [-0.2, -0.15) is 0 Å². The van der Waals surface area contributed by atoms with Gasteiger partial charge < -0.3 is 5.11 Å². The highest BCUT2D eigenvalue weighted by molar-refractivity contribution is 6.33. The molecule has 1 N–H and O–H groups in total. The van der Waals surface area contributed by atoms with Crippen molar-refractivity contribution >= 4 is 29.2 Å². The Kier molecular flexibility index (Phi) is 2.89. The summed E-state index contributed by atoms with van der Waals surface area (Å²) in [5, 5.41) is 10.2. The van der Waals surface area contributed by atoms with Crippen molar-refractivity contribution in [1.29, 1.82) is 0 Å². The summed E-state index contributed by atoms with van der Waals surface area (Å²) in [7, 11) is 0. The molecular formula is C11H10Cl2O2. The lowest BCUT2D eigenvalue weighted by atomic mass is 9.70. The third-order valence-corrected chi connectivity index (χ3v) is 3.53. The topological polar surface area (TPSA) is 37.3 Å². The number of aliphatic carboxylic acids is 1. The van der Waals surface area contributed by atoms with Crippen molar-refractivity contribution in [3.8, 4) is 0 Å². The smallest absolute Gasteiger partial charge is 0.307 e. The summed E-state index contributed by atoms with van der Waals surface area (Å²) in [4.78, 5) is 10.9. The highest BCUT2D eigenvalue weighted by atomic mass is 35.5. The monoisotopic (exact) mass is 244 g/mol. The first-order chi connectivity index (χ1) is 7.09. The summed E-state index contributed by atoms with van der Waals surface area (Å²) >= 11 is 11.9. The van der Waals surface area contributed by atoms with E-state index in [1.165, 1.54) is 0 Å². The van der Waals surface area contributed by atoms with Gasteiger partial charge in [-0.3, -0.25) is 4.79 Å². The minimum Gasteiger partial charge on any atom is -0.481 e. The van der Waals surface area contributed by atoms with Crippen LogP contribution in [-0.4, -0.2) is 11.1 Å². The van der Waals surface area contributed by atoms with Crippen LogP contribution >= 0.6 is 23.2 Å². The molecule has 1 saturated carbocycles. The summed E-state index contributed by atoms with van der Waals surface area (Å²) in [5.41, 5.74) is 0.864. The lowest BCUT2D eigenvalue weighted by Gasteiger charge is -2.34. The maximum absolute atomic E-state index is 10.9. The molecule has 2 atom stereocenters. The van der Waals surface area contributed by atoms with Crippen LogP contribution in [0.2, 0.25) is 10.0 Å². The summed E-state index contributed by atoms with van der Waals surface area (Å²) < 4.78 is 0. The summed E-state index contributed by atoms with van der Waals surface area (Å²) in [6.45, 7) is 0. The molecule has 2 rings (SSSR count). The molecule has 1 fully saturated rings. The highest BCUT2D eigenvalue weighted by Gasteiger charge is 2.38. The number of hydrogen-bond acceptors (Lipinski definition) is 1. The number of carbonyl (C=O) groups is 1.